The van der Waals surface area contributed by atoms with Gasteiger partial charge in [0, 0.05) is 10.9 Å². The third kappa shape index (κ3) is 3.86. The highest BCUT2D eigenvalue weighted by Crippen LogP contribution is 2.28. The molecule has 0 heterocycles. The van der Waals surface area contributed by atoms with Crippen molar-refractivity contribution in [1.82, 2.24) is 0 Å². The van der Waals surface area contributed by atoms with Crippen LogP contribution in [0.5, 0.6) is 0 Å². The number of hydrogen-bond acceptors (Lipinski definition) is 2. The molecule has 1 N–H and O–H groups in total. The number of hydrogen-bond donors (Lipinski definition) is 1. The van der Waals surface area contributed by atoms with Crippen LogP contribution in [0.4, 0.5) is 4.39 Å². The van der Waals surface area contributed by atoms with E-state index in [0.29, 0.717) is 4.47 Å². The van der Waals surface area contributed by atoms with Crippen LogP contribution in [-0.2, 0) is 11.2 Å². The van der Waals surface area contributed by atoms with Crippen molar-refractivity contribution in [2.45, 2.75) is 44.6 Å². The zero-order valence-corrected chi connectivity index (χ0v) is 12.3. The quantitative estimate of drug-likeness (QED) is 0.916. The molecular weight excluding hydrogens is 311 g/mol. The molecule has 19 heavy (non-hydrogen) atoms. The van der Waals surface area contributed by atoms with Crippen LogP contribution < -0.4 is 0 Å². The first-order valence-corrected chi connectivity index (χ1v) is 7.52. The molecule has 0 radical (unpaired) electrons. The van der Waals surface area contributed by atoms with E-state index in [2.05, 4.69) is 15.9 Å². The summed E-state index contributed by atoms with van der Waals surface area (Å²) in [7, 11) is 0. The largest absolute Gasteiger partial charge is 0.385 e. The van der Waals surface area contributed by atoms with Gasteiger partial charge in [0.2, 0.25) is 0 Å². The van der Waals surface area contributed by atoms with Crippen LogP contribution in [-0.4, -0.2) is 17.0 Å². The first kappa shape index (κ1) is 14.7. The van der Waals surface area contributed by atoms with E-state index in [1.807, 2.05) is 0 Å². The molecule has 0 amide bonds. The lowest BCUT2D eigenvalue weighted by molar-refractivity contribution is -0.129. The van der Waals surface area contributed by atoms with Crippen LogP contribution in [0.25, 0.3) is 0 Å². The lowest BCUT2D eigenvalue weighted by Crippen LogP contribution is -2.32. The van der Waals surface area contributed by atoms with Gasteiger partial charge in [0.15, 0.2) is 5.78 Å². The Morgan fingerprint density at radius 2 is 2.05 bits per heavy atom. The number of aliphatic hydroxyl groups excluding tert-OH is 1. The van der Waals surface area contributed by atoms with Crippen LogP contribution >= 0.6 is 15.9 Å². The van der Waals surface area contributed by atoms with Crippen molar-refractivity contribution in [3.8, 4) is 0 Å². The van der Waals surface area contributed by atoms with Gasteiger partial charge in [0.05, 0.1) is 0 Å². The summed E-state index contributed by atoms with van der Waals surface area (Å²) in [5, 5.41) is 10.1. The average Bonchev–Trinajstić information content (AvgIpc) is 2.42. The van der Waals surface area contributed by atoms with E-state index in [1.54, 1.807) is 6.07 Å². The molecule has 2 rings (SSSR count). The Kier molecular flexibility index (Phi) is 5.11. The summed E-state index contributed by atoms with van der Waals surface area (Å²) < 4.78 is 13.6. The number of ketones is 1. The van der Waals surface area contributed by atoms with Crippen molar-refractivity contribution in [3.05, 3.63) is 34.1 Å². The van der Waals surface area contributed by atoms with Gasteiger partial charge in [-0.25, -0.2) is 4.39 Å². The fourth-order valence-electron chi connectivity index (χ4n) is 2.67. The molecular formula is C15H18BrFO2. The highest BCUT2D eigenvalue weighted by molar-refractivity contribution is 9.10. The van der Waals surface area contributed by atoms with E-state index in [9.17, 15) is 14.3 Å². The fraction of sp³-hybridized carbons (Fsp3) is 0.533. The van der Waals surface area contributed by atoms with Gasteiger partial charge in [-0.2, -0.15) is 0 Å². The number of Topliss-reactive ketones (excluding diaryl/α,β-unsaturated/α-hetero) is 1. The van der Waals surface area contributed by atoms with Gasteiger partial charge in [0.1, 0.15) is 11.9 Å². The summed E-state index contributed by atoms with van der Waals surface area (Å²) in [5.41, 5.74) is 0.723. The van der Waals surface area contributed by atoms with E-state index in [1.165, 1.54) is 18.6 Å². The maximum absolute atomic E-state index is 13.0. The second-order valence-corrected chi connectivity index (χ2v) is 6.08. The van der Waals surface area contributed by atoms with E-state index < -0.39 is 6.10 Å². The van der Waals surface area contributed by atoms with Crippen LogP contribution in [0.15, 0.2) is 22.7 Å². The summed E-state index contributed by atoms with van der Waals surface area (Å²) in [5.74, 6) is -0.407. The first-order valence-electron chi connectivity index (χ1n) is 6.72. The molecule has 1 atom stereocenters. The van der Waals surface area contributed by atoms with Gasteiger partial charge in [0.25, 0.3) is 0 Å². The van der Waals surface area contributed by atoms with Crippen LogP contribution in [0.1, 0.15) is 37.7 Å². The average molecular weight is 329 g/mol. The van der Waals surface area contributed by atoms with E-state index in [0.717, 1.165) is 31.2 Å². The summed E-state index contributed by atoms with van der Waals surface area (Å²) in [6, 6.07) is 4.26. The van der Waals surface area contributed by atoms with E-state index in [4.69, 9.17) is 0 Å². The summed E-state index contributed by atoms with van der Waals surface area (Å²) in [6.07, 6.45) is 4.51. The van der Waals surface area contributed by atoms with Crippen molar-refractivity contribution in [2.75, 3.05) is 0 Å². The molecule has 1 aliphatic carbocycles. The monoisotopic (exact) mass is 328 g/mol. The van der Waals surface area contributed by atoms with Gasteiger partial charge in [-0.1, -0.05) is 41.3 Å². The summed E-state index contributed by atoms with van der Waals surface area (Å²) in [6.45, 7) is 0. The Morgan fingerprint density at radius 3 is 2.68 bits per heavy atom. The molecule has 1 aromatic carbocycles. The summed E-state index contributed by atoms with van der Waals surface area (Å²) in [4.78, 5) is 12.1. The molecule has 0 aliphatic heterocycles. The second-order valence-electron chi connectivity index (χ2n) is 5.22. The van der Waals surface area contributed by atoms with Crippen molar-refractivity contribution in [3.63, 3.8) is 0 Å². The van der Waals surface area contributed by atoms with Crippen molar-refractivity contribution in [1.29, 1.82) is 0 Å². The Hall–Kier alpha value is -0.740. The number of rotatable bonds is 4. The lowest BCUT2D eigenvalue weighted by atomic mass is 9.83. The number of halogens is 2. The smallest absolute Gasteiger partial charge is 0.165 e. The molecule has 0 saturated heterocycles. The van der Waals surface area contributed by atoms with Gasteiger partial charge >= 0.3 is 0 Å². The van der Waals surface area contributed by atoms with E-state index in [-0.39, 0.29) is 23.9 Å². The topological polar surface area (TPSA) is 37.3 Å². The third-order valence-corrected chi connectivity index (χ3v) is 4.54. The predicted octanol–water partition coefficient (Wildman–Crippen LogP) is 3.64. The molecule has 1 aromatic rings. The molecule has 1 unspecified atom stereocenters. The highest BCUT2D eigenvalue weighted by atomic mass is 79.9. The molecule has 0 bridgehead atoms. The molecule has 0 aromatic heterocycles. The van der Waals surface area contributed by atoms with Gasteiger partial charge < -0.3 is 5.11 Å². The number of benzene rings is 1. The molecule has 104 valence electrons. The Morgan fingerprint density at radius 1 is 1.37 bits per heavy atom. The summed E-state index contributed by atoms with van der Waals surface area (Å²) >= 11 is 3.25. The Labute approximate surface area is 121 Å². The zero-order chi connectivity index (χ0) is 13.8. The molecule has 0 spiro atoms. The minimum atomic E-state index is -0.878. The number of carbonyl (C=O) groups is 1. The van der Waals surface area contributed by atoms with Crippen molar-refractivity contribution >= 4 is 21.7 Å². The second kappa shape index (κ2) is 6.62. The van der Waals surface area contributed by atoms with Crippen LogP contribution in [0.2, 0.25) is 0 Å². The SMILES string of the molecule is O=C(Cc1ccc(F)cc1Br)C(O)C1CCCCC1. The number of carbonyl (C=O) groups excluding carboxylic acids is 1. The molecule has 4 heteroatoms. The van der Waals surface area contributed by atoms with Crippen molar-refractivity contribution in [2.24, 2.45) is 5.92 Å². The molecule has 2 nitrogen and oxygen atoms in total. The van der Waals surface area contributed by atoms with Crippen LogP contribution in [0.3, 0.4) is 0 Å². The maximum Gasteiger partial charge on any atom is 0.165 e. The fourth-order valence-corrected chi connectivity index (χ4v) is 3.16. The molecule has 1 saturated carbocycles. The van der Waals surface area contributed by atoms with Gasteiger partial charge in [-0.3, -0.25) is 4.79 Å². The third-order valence-electron chi connectivity index (χ3n) is 3.81. The first-order chi connectivity index (χ1) is 9.08. The zero-order valence-electron chi connectivity index (χ0n) is 10.7. The highest BCUT2D eigenvalue weighted by Gasteiger charge is 2.27. The van der Waals surface area contributed by atoms with E-state index >= 15 is 0 Å². The maximum atomic E-state index is 13.0. The minimum absolute atomic E-state index is 0.0977. The minimum Gasteiger partial charge on any atom is -0.385 e. The van der Waals surface area contributed by atoms with Crippen LogP contribution in [0, 0.1) is 11.7 Å². The normalized spacial score (nSPS) is 18.3. The number of aliphatic hydroxyl groups is 1. The van der Waals surface area contributed by atoms with Gasteiger partial charge in [-0.05, 0) is 36.5 Å². The molecule has 1 aliphatic rings. The molecule has 1 fully saturated rings. The lowest BCUT2D eigenvalue weighted by Gasteiger charge is -2.25. The van der Waals surface area contributed by atoms with Gasteiger partial charge in [-0.15, -0.1) is 0 Å². The predicted molar refractivity (Wildman–Crippen MR) is 75.4 cm³/mol. The standard InChI is InChI=1S/C15H18BrFO2/c16-13-9-12(17)7-6-11(13)8-14(18)15(19)10-4-2-1-3-5-10/h6-7,9-10,15,19H,1-5,8H2. The van der Waals surface area contributed by atoms with Crippen molar-refractivity contribution < 1.29 is 14.3 Å². The Balaban J connectivity index is 1.99. The Bertz CT molecular complexity index is 455.